The Balaban J connectivity index is 1.34. The van der Waals surface area contributed by atoms with Crippen LogP contribution in [0.3, 0.4) is 0 Å². The normalized spacial score (nSPS) is 14.6. The van der Waals surface area contributed by atoms with E-state index < -0.39 is 0 Å². The minimum atomic E-state index is -0.0385. The summed E-state index contributed by atoms with van der Waals surface area (Å²) in [4.78, 5) is 15.1. The first-order chi connectivity index (χ1) is 14.3. The minimum Gasteiger partial charge on any atom is -0.348 e. The molecule has 1 saturated heterocycles. The summed E-state index contributed by atoms with van der Waals surface area (Å²) < 4.78 is 1.89. The van der Waals surface area contributed by atoms with Crippen LogP contribution >= 0.6 is 0 Å². The number of nitrogens with zero attached hydrogens (tertiary/aromatic N) is 3. The summed E-state index contributed by atoms with van der Waals surface area (Å²) >= 11 is 0. The summed E-state index contributed by atoms with van der Waals surface area (Å²) in [6.07, 6.45) is 7.66. The van der Waals surface area contributed by atoms with Crippen LogP contribution in [0.1, 0.15) is 46.3 Å². The van der Waals surface area contributed by atoms with Crippen molar-refractivity contribution in [1.82, 2.24) is 20.0 Å². The number of benzene rings is 2. The third-order valence-electron chi connectivity index (χ3n) is 5.52. The number of nitrogens with one attached hydrogen (secondary N) is 1. The lowest BCUT2D eigenvalue weighted by atomic mass is 10.1. The zero-order valence-electron chi connectivity index (χ0n) is 16.8. The smallest absolute Gasteiger partial charge is 0.251 e. The van der Waals surface area contributed by atoms with Crippen molar-refractivity contribution in [3.8, 4) is 0 Å². The predicted octanol–water partition coefficient (Wildman–Crippen LogP) is 3.85. The van der Waals surface area contributed by atoms with E-state index in [1.54, 1.807) is 6.20 Å². The van der Waals surface area contributed by atoms with Gasteiger partial charge in [0.05, 0.1) is 6.54 Å². The maximum absolute atomic E-state index is 12.6. The maximum atomic E-state index is 12.6. The maximum Gasteiger partial charge on any atom is 0.251 e. The SMILES string of the molecule is O=C(NCc1ccccc1Cn1cccn1)c1ccc(CN2CCCCC2)cc1. The molecule has 0 saturated carbocycles. The summed E-state index contributed by atoms with van der Waals surface area (Å²) in [5.74, 6) is -0.0385. The van der Waals surface area contributed by atoms with Crippen LogP contribution in [0.2, 0.25) is 0 Å². The fourth-order valence-electron chi connectivity index (χ4n) is 3.87. The molecule has 4 rings (SSSR count). The molecule has 29 heavy (non-hydrogen) atoms. The molecule has 150 valence electrons. The van der Waals surface area contributed by atoms with E-state index in [1.165, 1.54) is 37.9 Å². The third kappa shape index (κ3) is 5.33. The van der Waals surface area contributed by atoms with Crippen molar-refractivity contribution in [3.63, 3.8) is 0 Å². The number of piperidine rings is 1. The Kier molecular flexibility index (Phi) is 6.37. The monoisotopic (exact) mass is 388 g/mol. The van der Waals surface area contributed by atoms with Gasteiger partial charge in [-0.1, -0.05) is 42.8 Å². The highest BCUT2D eigenvalue weighted by atomic mass is 16.1. The summed E-state index contributed by atoms with van der Waals surface area (Å²) in [5, 5.41) is 7.33. The Morgan fingerprint density at radius 3 is 2.38 bits per heavy atom. The molecule has 0 aliphatic carbocycles. The summed E-state index contributed by atoms with van der Waals surface area (Å²) in [6.45, 7) is 4.54. The highest BCUT2D eigenvalue weighted by Crippen LogP contribution is 2.14. The number of rotatable bonds is 7. The molecule has 1 aromatic heterocycles. The van der Waals surface area contributed by atoms with E-state index in [4.69, 9.17) is 0 Å². The molecule has 0 spiro atoms. The number of likely N-dealkylation sites (tertiary alicyclic amines) is 1. The van der Waals surface area contributed by atoms with Crippen LogP contribution < -0.4 is 5.32 Å². The zero-order chi connectivity index (χ0) is 19.9. The zero-order valence-corrected chi connectivity index (χ0v) is 16.8. The molecule has 1 amide bonds. The molecule has 1 N–H and O–H groups in total. The molecule has 0 radical (unpaired) electrons. The Bertz CT molecular complexity index is 912. The van der Waals surface area contributed by atoms with Gasteiger partial charge in [0.2, 0.25) is 0 Å². The topological polar surface area (TPSA) is 50.2 Å². The van der Waals surface area contributed by atoms with E-state index in [1.807, 2.05) is 41.2 Å². The van der Waals surface area contributed by atoms with Gasteiger partial charge in [0.15, 0.2) is 0 Å². The molecule has 5 heteroatoms. The Hall–Kier alpha value is -2.92. The van der Waals surface area contributed by atoms with Gasteiger partial charge in [-0.15, -0.1) is 0 Å². The standard InChI is InChI=1S/C24H28N4O/c29-24(21-11-9-20(10-12-21)18-27-14-4-1-5-15-27)25-17-22-7-2-3-8-23(22)19-28-16-6-13-26-28/h2-3,6-13,16H,1,4-5,14-15,17-19H2,(H,25,29). The van der Waals surface area contributed by atoms with E-state index in [9.17, 15) is 4.79 Å². The highest BCUT2D eigenvalue weighted by Gasteiger charge is 2.11. The van der Waals surface area contributed by atoms with Crippen molar-refractivity contribution in [2.45, 2.75) is 38.9 Å². The average Bonchev–Trinajstić information content (AvgIpc) is 3.27. The lowest BCUT2D eigenvalue weighted by Gasteiger charge is -2.26. The minimum absolute atomic E-state index is 0.0385. The van der Waals surface area contributed by atoms with Crippen molar-refractivity contribution >= 4 is 5.91 Å². The van der Waals surface area contributed by atoms with Gasteiger partial charge in [-0.3, -0.25) is 14.4 Å². The average molecular weight is 389 g/mol. The van der Waals surface area contributed by atoms with E-state index in [-0.39, 0.29) is 5.91 Å². The molecule has 5 nitrogen and oxygen atoms in total. The van der Waals surface area contributed by atoms with Gasteiger partial charge < -0.3 is 5.32 Å². The second kappa shape index (κ2) is 9.52. The van der Waals surface area contributed by atoms with Crippen LogP contribution in [0, 0.1) is 0 Å². The second-order valence-corrected chi connectivity index (χ2v) is 7.69. The molecular weight excluding hydrogens is 360 g/mol. The number of carbonyl (C=O) groups is 1. The van der Waals surface area contributed by atoms with E-state index in [0.717, 1.165) is 17.7 Å². The fourth-order valence-corrected chi connectivity index (χ4v) is 3.87. The van der Waals surface area contributed by atoms with Gasteiger partial charge in [0.1, 0.15) is 0 Å². The molecule has 3 aromatic rings. The van der Waals surface area contributed by atoms with E-state index in [2.05, 4.69) is 39.6 Å². The number of carbonyl (C=O) groups excluding carboxylic acids is 1. The number of hydrogen-bond acceptors (Lipinski definition) is 3. The molecular formula is C24H28N4O. The largest absolute Gasteiger partial charge is 0.348 e. The molecule has 1 aliphatic heterocycles. The van der Waals surface area contributed by atoms with Crippen LogP contribution in [0.25, 0.3) is 0 Å². The van der Waals surface area contributed by atoms with Gasteiger partial charge in [-0.2, -0.15) is 5.10 Å². The van der Waals surface area contributed by atoms with Crippen LogP contribution in [-0.4, -0.2) is 33.7 Å². The molecule has 0 unspecified atom stereocenters. The van der Waals surface area contributed by atoms with Gasteiger partial charge in [-0.25, -0.2) is 0 Å². The molecule has 0 atom stereocenters. The van der Waals surface area contributed by atoms with Gasteiger partial charge in [0.25, 0.3) is 5.91 Å². The second-order valence-electron chi connectivity index (χ2n) is 7.69. The Morgan fingerprint density at radius 1 is 0.897 bits per heavy atom. The van der Waals surface area contributed by atoms with Crippen LogP contribution in [0.15, 0.2) is 67.0 Å². The molecule has 2 heterocycles. The molecule has 0 bridgehead atoms. The lowest BCUT2D eigenvalue weighted by Crippen LogP contribution is -2.29. The molecule has 1 fully saturated rings. The number of amides is 1. The number of hydrogen-bond donors (Lipinski definition) is 1. The summed E-state index contributed by atoms with van der Waals surface area (Å²) in [7, 11) is 0. The highest BCUT2D eigenvalue weighted by molar-refractivity contribution is 5.94. The van der Waals surface area contributed by atoms with Crippen LogP contribution in [0.4, 0.5) is 0 Å². The van der Waals surface area contributed by atoms with Crippen molar-refractivity contribution in [3.05, 3.63) is 89.2 Å². The third-order valence-corrected chi connectivity index (χ3v) is 5.52. The summed E-state index contributed by atoms with van der Waals surface area (Å²) in [5.41, 5.74) is 4.25. The van der Waals surface area contributed by atoms with E-state index in [0.29, 0.717) is 18.7 Å². The van der Waals surface area contributed by atoms with Crippen LogP contribution in [0.5, 0.6) is 0 Å². The first-order valence-electron chi connectivity index (χ1n) is 10.4. The van der Waals surface area contributed by atoms with Crippen molar-refractivity contribution in [2.75, 3.05) is 13.1 Å². The Morgan fingerprint density at radius 2 is 1.66 bits per heavy atom. The van der Waals surface area contributed by atoms with E-state index >= 15 is 0 Å². The van der Waals surface area contributed by atoms with Crippen molar-refractivity contribution < 1.29 is 4.79 Å². The molecule has 1 aliphatic rings. The fraction of sp³-hybridized carbons (Fsp3) is 0.333. The van der Waals surface area contributed by atoms with Crippen LogP contribution in [-0.2, 0) is 19.6 Å². The Labute approximate surface area is 172 Å². The predicted molar refractivity (Wildman–Crippen MR) is 115 cm³/mol. The number of aromatic nitrogens is 2. The molecule has 2 aromatic carbocycles. The van der Waals surface area contributed by atoms with Crippen molar-refractivity contribution in [2.24, 2.45) is 0 Å². The van der Waals surface area contributed by atoms with Gasteiger partial charge in [-0.05, 0) is 60.8 Å². The summed E-state index contributed by atoms with van der Waals surface area (Å²) in [6, 6.07) is 18.1. The van der Waals surface area contributed by atoms with Crippen molar-refractivity contribution in [1.29, 1.82) is 0 Å². The lowest BCUT2D eigenvalue weighted by molar-refractivity contribution is 0.0951. The first kappa shape index (κ1) is 19.4. The van der Waals surface area contributed by atoms with Gasteiger partial charge >= 0.3 is 0 Å². The first-order valence-corrected chi connectivity index (χ1v) is 10.4. The quantitative estimate of drug-likeness (QED) is 0.669. The van der Waals surface area contributed by atoms with Gasteiger partial charge in [0, 0.05) is 31.0 Å².